The quantitative estimate of drug-likeness (QED) is 0.841. The third-order valence-electron chi connectivity index (χ3n) is 4.64. The number of nitrogens with one attached hydrogen (secondary N) is 1. The van der Waals surface area contributed by atoms with Gasteiger partial charge in [-0.1, -0.05) is 43.5 Å². The van der Waals surface area contributed by atoms with Gasteiger partial charge in [0.1, 0.15) is 0 Å². The average molecular weight is 316 g/mol. The van der Waals surface area contributed by atoms with Crippen molar-refractivity contribution in [2.24, 2.45) is 11.8 Å². The molecule has 0 aromatic heterocycles. The second kappa shape index (κ2) is 7.13. The molecular weight excluding hydrogens is 293 g/mol. The minimum absolute atomic E-state index is 0.493. The number of aliphatic hydroxyl groups excluding tert-OH is 1. The molecular formula is C16H23Cl2NO. The molecule has 0 heterocycles. The minimum Gasteiger partial charge on any atom is -0.387 e. The van der Waals surface area contributed by atoms with Crippen LogP contribution in [0.25, 0.3) is 0 Å². The lowest BCUT2D eigenvalue weighted by Gasteiger charge is -2.23. The Morgan fingerprint density at radius 2 is 2.10 bits per heavy atom. The second-order valence-corrected chi connectivity index (χ2v) is 6.64. The van der Waals surface area contributed by atoms with Crippen molar-refractivity contribution in [3.63, 3.8) is 0 Å². The monoisotopic (exact) mass is 315 g/mol. The Balaban J connectivity index is 1.92. The van der Waals surface area contributed by atoms with Crippen molar-refractivity contribution < 1.29 is 5.11 Å². The molecule has 1 aromatic carbocycles. The van der Waals surface area contributed by atoms with Gasteiger partial charge in [-0.2, -0.15) is 0 Å². The van der Waals surface area contributed by atoms with Gasteiger partial charge < -0.3 is 10.4 Å². The number of halogens is 2. The van der Waals surface area contributed by atoms with Gasteiger partial charge in [0.2, 0.25) is 0 Å². The summed E-state index contributed by atoms with van der Waals surface area (Å²) in [5.41, 5.74) is 0.698. The molecule has 4 unspecified atom stereocenters. The zero-order chi connectivity index (χ0) is 14.7. The van der Waals surface area contributed by atoms with E-state index in [0.29, 0.717) is 34.1 Å². The lowest BCUT2D eigenvalue weighted by molar-refractivity contribution is 0.165. The van der Waals surface area contributed by atoms with Gasteiger partial charge in [-0.3, -0.25) is 0 Å². The maximum Gasteiger partial charge on any atom is 0.0929 e. The summed E-state index contributed by atoms with van der Waals surface area (Å²) in [5.74, 6) is 1.47. The molecule has 20 heavy (non-hydrogen) atoms. The molecule has 0 amide bonds. The fourth-order valence-corrected chi connectivity index (χ4v) is 3.68. The highest BCUT2D eigenvalue weighted by Gasteiger charge is 2.31. The van der Waals surface area contributed by atoms with E-state index in [-0.39, 0.29) is 0 Å². The number of rotatable bonds is 5. The number of hydrogen-bond donors (Lipinski definition) is 2. The first-order valence-electron chi connectivity index (χ1n) is 7.39. The van der Waals surface area contributed by atoms with Crippen LogP contribution in [0.4, 0.5) is 0 Å². The van der Waals surface area contributed by atoms with Crippen LogP contribution in [0.3, 0.4) is 0 Å². The van der Waals surface area contributed by atoms with Gasteiger partial charge in [0.25, 0.3) is 0 Å². The highest BCUT2D eigenvalue weighted by Crippen LogP contribution is 2.34. The molecule has 0 saturated heterocycles. The van der Waals surface area contributed by atoms with Crippen LogP contribution in [0.1, 0.15) is 44.8 Å². The average Bonchev–Trinajstić information content (AvgIpc) is 2.79. The normalized spacial score (nSPS) is 27.8. The first-order chi connectivity index (χ1) is 9.52. The van der Waals surface area contributed by atoms with Crippen LogP contribution in [0.2, 0.25) is 10.0 Å². The zero-order valence-electron chi connectivity index (χ0n) is 12.1. The van der Waals surface area contributed by atoms with E-state index in [0.717, 1.165) is 5.92 Å². The van der Waals surface area contributed by atoms with E-state index in [2.05, 4.69) is 19.2 Å². The molecule has 0 spiro atoms. The smallest absolute Gasteiger partial charge is 0.0929 e. The van der Waals surface area contributed by atoms with Gasteiger partial charge >= 0.3 is 0 Å². The molecule has 0 aliphatic heterocycles. The van der Waals surface area contributed by atoms with E-state index < -0.39 is 6.10 Å². The molecule has 1 fully saturated rings. The molecule has 2 rings (SSSR count). The van der Waals surface area contributed by atoms with Crippen LogP contribution in [0, 0.1) is 11.8 Å². The standard InChI is InChI=1S/C16H23Cl2NO/c1-3-11-4-7-15(10(11)2)19-9-16(20)13-8-12(17)5-6-14(13)18/h5-6,8,10-11,15-16,19-20H,3-4,7,9H2,1-2H3. The number of benzene rings is 1. The maximum atomic E-state index is 10.3. The Hall–Kier alpha value is -0.280. The lowest BCUT2D eigenvalue weighted by Crippen LogP contribution is -2.35. The van der Waals surface area contributed by atoms with Crippen LogP contribution in [0.5, 0.6) is 0 Å². The topological polar surface area (TPSA) is 32.3 Å². The molecule has 0 radical (unpaired) electrons. The molecule has 4 heteroatoms. The SMILES string of the molecule is CCC1CCC(NCC(O)c2cc(Cl)ccc2Cl)C1C. The first kappa shape index (κ1) is 16.1. The Morgan fingerprint density at radius 3 is 2.75 bits per heavy atom. The van der Waals surface area contributed by atoms with Crippen molar-refractivity contribution in [3.8, 4) is 0 Å². The Morgan fingerprint density at radius 1 is 1.35 bits per heavy atom. The number of hydrogen-bond acceptors (Lipinski definition) is 2. The fourth-order valence-electron chi connectivity index (χ4n) is 3.25. The summed E-state index contributed by atoms with van der Waals surface area (Å²) in [4.78, 5) is 0. The van der Waals surface area contributed by atoms with E-state index in [1.54, 1.807) is 18.2 Å². The predicted octanol–water partition coefficient (Wildman–Crippen LogP) is 4.44. The van der Waals surface area contributed by atoms with Crippen molar-refractivity contribution in [1.82, 2.24) is 5.32 Å². The van der Waals surface area contributed by atoms with Crippen molar-refractivity contribution in [2.45, 2.75) is 45.3 Å². The molecule has 2 nitrogen and oxygen atoms in total. The number of aliphatic hydroxyl groups is 1. The van der Waals surface area contributed by atoms with E-state index in [9.17, 15) is 5.11 Å². The summed E-state index contributed by atoms with van der Waals surface area (Å²) < 4.78 is 0. The molecule has 112 valence electrons. The third-order valence-corrected chi connectivity index (χ3v) is 5.22. The highest BCUT2D eigenvalue weighted by molar-refractivity contribution is 6.33. The lowest BCUT2D eigenvalue weighted by atomic mass is 9.93. The van der Waals surface area contributed by atoms with Crippen LogP contribution in [0.15, 0.2) is 18.2 Å². The molecule has 2 N–H and O–H groups in total. The van der Waals surface area contributed by atoms with Gasteiger partial charge in [-0.25, -0.2) is 0 Å². The summed E-state index contributed by atoms with van der Waals surface area (Å²) in [6, 6.07) is 5.70. The summed E-state index contributed by atoms with van der Waals surface area (Å²) >= 11 is 12.1. The Bertz CT molecular complexity index is 452. The van der Waals surface area contributed by atoms with Gasteiger partial charge in [0, 0.05) is 28.2 Å². The fraction of sp³-hybridized carbons (Fsp3) is 0.625. The van der Waals surface area contributed by atoms with Crippen molar-refractivity contribution in [1.29, 1.82) is 0 Å². The molecule has 1 aliphatic rings. The van der Waals surface area contributed by atoms with E-state index >= 15 is 0 Å². The van der Waals surface area contributed by atoms with Crippen LogP contribution < -0.4 is 5.32 Å². The summed E-state index contributed by atoms with van der Waals surface area (Å²) in [7, 11) is 0. The minimum atomic E-state index is -0.617. The molecule has 0 bridgehead atoms. The summed E-state index contributed by atoms with van der Waals surface area (Å²) in [6.07, 6.45) is 3.09. The van der Waals surface area contributed by atoms with E-state index in [1.807, 2.05) is 0 Å². The van der Waals surface area contributed by atoms with Gasteiger partial charge in [-0.05, 0) is 42.9 Å². The van der Waals surface area contributed by atoms with E-state index in [1.165, 1.54) is 19.3 Å². The van der Waals surface area contributed by atoms with E-state index in [4.69, 9.17) is 23.2 Å². The summed E-state index contributed by atoms with van der Waals surface area (Å²) in [6.45, 7) is 5.08. The van der Waals surface area contributed by atoms with Gasteiger partial charge in [0.15, 0.2) is 0 Å². The first-order valence-corrected chi connectivity index (χ1v) is 8.15. The maximum absolute atomic E-state index is 10.3. The molecule has 4 atom stereocenters. The third kappa shape index (κ3) is 3.67. The van der Waals surface area contributed by atoms with Crippen molar-refractivity contribution in [3.05, 3.63) is 33.8 Å². The van der Waals surface area contributed by atoms with Crippen molar-refractivity contribution in [2.75, 3.05) is 6.54 Å². The summed E-state index contributed by atoms with van der Waals surface area (Å²) in [5, 5.41) is 14.9. The Kier molecular flexibility index (Phi) is 5.74. The predicted molar refractivity (Wildman–Crippen MR) is 85.4 cm³/mol. The van der Waals surface area contributed by atoms with Crippen LogP contribution in [-0.2, 0) is 0 Å². The Labute approximate surface area is 131 Å². The molecule has 1 aliphatic carbocycles. The van der Waals surface area contributed by atoms with Crippen molar-refractivity contribution >= 4 is 23.2 Å². The van der Waals surface area contributed by atoms with Gasteiger partial charge in [-0.15, -0.1) is 0 Å². The molecule has 1 aromatic rings. The largest absolute Gasteiger partial charge is 0.387 e. The van der Waals surface area contributed by atoms with Crippen LogP contribution in [-0.4, -0.2) is 17.7 Å². The highest BCUT2D eigenvalue weighted by atomic mass is 35.5. The second-order valence-electron chi connectivity index (χ2n) is 5.80. The molecule has 1 saturated carbocycles. The van der Waals surface area contributed by atoms with Gasteiger partial charge in [0.05, 0.1) is 6.10 Å². The van der Waals surface area contributed by atoms with Crippen LogP contribution >= 0.6 is 23.2 Å². The zero-order valence-corrected chi connectivity index (χ0v) is 13.6.